The number of thiol groups is 1. The SMILES string of the molecule is CCC(C)c1ccc(C(=O)OC)cc1C[SH](=O)=O. The Balaban J connectivity index is 3.23. The third kappa shape index (κ3) is 3.57. The largest absolute Gasteiger partial charge is 0.465 e. The number of benzene rings is 1. The van der Waals surface area contributed by atoms with Crippen LogP contribution in [0.3, 0.4) is 0 Å². The number of hydrogen-bond donors (Lipinski definition) is 1. The molecule has 0 aliphatic rings. The molecule has 0 bridgehead atoms. The summed E-state index contributed by atoms with van der Waals surface area (Å²) in [7, 11) is -1.21. The maximum Gasteiger partial charge on any atom is 0.337 e. The molecule has 1 atom stereocenters. The average Bonchev–Trinajstić information content (AvgIpc) is 2.36. The molecule has 1 aromatic carbocycles. The predicted octanol–water partition coefficient (Wildman–Crippen LogP) is 2.10. The van der Waals surface area contributed by atoms with E-state index in [0.717, 1.165) is 12.0 Å². The van der Waals surface area contributed by atoms with E-state index in [9.17, 15) is 13.2 Å². The molecule has 0 aromatic heterocycles. The van der Waals surface area contributed by atoms with Gasteiger partial charge in [-0.25, -0.2) is 13.2 Å². The highest BCUT2D eigenvalue weighted by atomic mass is 32.2. The second-order valence-corrected chi connectivity index (χ2v) is 5.19. The summed E-state index contributed by atoms with van der Waals surface area (Å²) in [5.74, 6) is -0.227. The summed E-state index contributed by atoms with van der Waals surface area (Å²) in [5, 5.41) is 0. The van der Waals surface area contributed by atoms with Crippen LogP contribution in [0.5, 0.6) is 0 Å². The van der Waals surface area contributed by atoms with Crippen LogP contribution in [0.1, 0.15) is 47.7 Å². The van der Waals surface area contributed by atoms with Gasteiger partial charge in [-0.3, -0.25) is 0 Å². The summed E-state index contributed by atoms with van der Waals surface area (Å²) in [6.07, 6.45) is 0.917. The van der Waals surface area contributed by atoms with E-state index in [1.807, 2.05) is 19.9 Å². The summed E-state index contributed by atoms with van der Waals surface area (Å²) < 4.78 is 26.4. The normalized spacial score (nSPS) is 12.4. The van der Waals surface area contributed by atoms with E-state index in [1.165, 1.54) is 7.11 Å². The highest BCUT2D eigenvalue weighted by Gasteiger charge is 2.13. The number of ether oxygens (including phenoxy) is 1. The van der Waals surface area contributed by atoms with Crippen LogP contribution in [0.4, 0.5) is 0 Å². The fraction of sp³-hybridized carbons (Fsp3) is 0.462. The molecule has 0 aliphatic carbocycles. The zero-order chi connectivity index (χ0) is 13.7. The van der Waals surface area contributed by atoms with Gasteiger partial charge in [0.25, 0.3) is 0 Å². The second kappa shape index (κ2) is 6.54. The molecule has 0 N–H and O–H groups in total. The molecule has 5 heteroatoms. The van der Waals surface area contributed by atoms with E-state index < -0.39 is 16.7 Å². The molecule has 18 heavy (non-hydrogen) atoms. The van der Waals surface area contributed by atoms with Crippen molar-refractivity contribution < 1.29 is 17.9 Å². The van der Waals surface area contributed by atoms with E-state index in [1.54, 1.807) is 12.1 Å². The minimum absolute atomic E-state index is 0.0418. The predicted molar refractivity (Wildman–Crippen MR) is 70.5 cm³/mol. The maximum absolute atomic E-state index is 11.4. The molecule has 100 valence electrons. The fourth-order valence-corrected chi connectivity index (χ4v) is 2.38. The van der Waals surface area contributed by atoms with Crippen LogP contribution in [0.2, 0.25) is 0 Å². The topological polar surface area (TPSA) is 60.4 Å². The molecule has 0 aliphatic heterocycles. The van der Waals surface area contributed by atoms with Crippen molar-refractivity contribution in [1.29, 1.82) is 0 Å². The van der Waals surface area contributed by atoms with Gasteiger partial charge in [0, 0.05) is 0 Å². The van der Waals surface area contributed by atoms with Gasteiger partial charge in [-0.05, 0) is 35.6 Å². The monoisotopic (exact) mass is 270 g/mol. The van der Waals surface area contributed by atoms with E-state index in [0.29, 0.717) is 11.1 Å². The zero-order valence-corrected chi connectivity index (χ0v) is 11.7. The first-order chi connectivity index (χ1) is 8.49. The first-order valence-electron chi connectivity index (χ1n) is 5.82. The van der Waals surface area contributed by atoms with Crippen LogP contribution in [0.15, 0.2) is 18.2 Å². The summed E-state index contributed by atoms with van der Waals surface area (Å²) in [5.41, 5.74) is 2.05. The van der Waals surface area contributed by atoms with Gasteiger partial charge in [0.15, 0.2) is 0 Å². The third-order valence-electron chi connectivity index (χ3n) is 3.01. The Morgan fingerprint density at radius 1 is 1.39 bits per heavy atom. The highest BCUT2D eigenvalue weighted by Crippen LogP contribution is 2.24. The van der Waals surface area contributed by atoms with E-state index in [2.05, 4.69) is 4.74 Å². The number of methoxy groups -OCH3 is 1. The lowest BCUT2D eigenvalue weighted by atomic mass is 9.93. The van der Waals surface area contributed by atoms with Crippen molar-refractivity contribution >= 4 is 16.7 Å². The molecule has 1 unspecified atom stereocenters. The Labute approximate surface area is 109 Å². The van der Waals surface area contributed by atoms with Crippen molar-refractivity contribution in [3.63, 3.8) is 0 Å². The van der Waals surface area contributed by atoms with E-state index >= 15 is 0 Å². The number of hydrogen-bond acceptors (Lipinski definition) is 4. The van der Waals surface area contributed by atoms with Gasteiger partial charge in [-0.2, -0.15) is 0 Å². The van der Waals surface area contributed by atoms with Crippen LogP contribution in [0.25, 0.3) is 0 Å². The molecule has 0 heterocycles. The van der Waals surface area contributed by atoms with Crippen LogP contribution < -0.4 is 0 Å². The Hall–Kier alpha value is -1.36. The molecular formula is C13H18O4S. The van der Waals surface area contributed by atoms with Crippen LogP contribution in [-0.2, 0) is 21.2 Å². The summed E-state index contributed by atoms with van der Waals surface area (Å²) in [4.78, 5) is 11.4. The molecule has 0 saturated heterocycles. The smallest absolute Gasteiger partial charge is 0.337 e. The Morgan fingerprint density at radius 2 is 2.06 bits per heavy atom. The first-order valence-corrected chi connectivity index (χ1v) is 7.18. The van der Waals surface area contributed by atoms with E-state index in [4.69, 9.17) is 0 Å². The number of carbonyl (C=O) groups excluding carboxylic acids is 1. The highest BCUT2D eigenvalue weighted by molar-refractivity contribution is 7.71. The molecule has 0 spiro atoms. The Kier molecular flexibility index (Phi) is 5.34. The molecule has 0 fully saturated rings. The van der Waals surface area contributed by atoms with Gasteiger partial charge in [0.05, 0.1) is 18.4 Å². The first kappa shape index (κ1) is 14.7. The second-order valence-electron chi connectivity index (χ2n) is 4.21. The van der Waals surface area contributed by atoms with Gasteiger partial charge in [-0.1, -0.05) is 19.9 Å². The fourth-order valence-electron chi connectivity index (χ4n) is 1.83. The van der Waals surface area contributed by atoms with Crippen molar-refractivity contribution in [3.8, 4) is 0 Å². The van der Waals surface area contributed by atoms with Crippen LogP contribution in [-0.4, -0.2) is 21.5 Å². The van der Waals surface area contributed by atoms with Gasteiger partial charge in [0.1, 0.15) is 10.7 Å². The van der Waals surface area contributed by atoms with Crippen molar-refractivity contribution in [3.05, 3.63) is 34.9 Å². The molecule has 0 radical (unpaired) electrons. The van der Waals surface area contributed by atoms with Crippen molar-refractivity contribution in [2.75, 3.05) is 7.11 Å². The number of carbonyl (C=O) groups is 1. The zero-order valence-electron chi connectivity index (χ0n) is 10.8. The minimum atomic E-state index is -2.51. The molecule has 1 aromatic rings. The summed E-state index contributed by atoms with van der Waals surface area (Å²) in [6.45, 7) is 4.08. The van der Waals surface area contributed by atoms with Gasteiger partial charge >= 0.3 is 5.97 Å². The minimum Gasteiger partial charge on any atom is -0.465 e. The molecule has 1 rings (SSSR count). The van der Waals surface area contributed by atoms with Crippen LogP contribution in [0, 0.1) is 0 Å². The van der Waals surface area contributed by atoms with Gasteiger partial charge < -0.3 is 4.74 Å². The quantitative estimate of drug-likeness (QED) is 0.657. The molecule has 0 amide bonds. The number of esters is 1. The molecular weight excluding hydrogens is 252 g/mol. The Morgan fingerprint density at radius 3 is 2.56 bits per heavy atom. The lowest BCUT2D eigenvalue weighted by Gasteiger charge is -2.14. The molecule has 0 saturated carbocycles. The van der Waals surface area contributed by atoms with Gasteiger partial charge in [-0.15, -0.1) is 0 Å². The average molecular weight is 270 g/mol. The van der Waals surface area contributed by atoms with Gasteiger partial charge in [0.2, 0.25) is 0 Å². The van der Waals surface area contributed by atoms with Crippen LogP contribution >= 0.6 is 0 Å². The van der Waals surface area contributed by atoms with Crippen molar-refractivity contribution in [1.82, 2.24) is 0 Å². The third-order valence-corrected chi connectivity index (χ3v) is 3.61. The van der Waals surface area contributed by atoms with Crippen molar-refractivity contribution in [2.45, 2.75) is 31.9 Å². The van der Waals surface area contributed by atoms with Crippen molar-refractivity contribution in [2.24, 2.45) is 0 Å². The maximum atomic E-state index is 11.4. The number of rotatable bonds is 5. The summed E-state index contributed by atoms with van der Waals surface area (Å²) in [6, 6.07) is 5.10. The molecule has 4 nitrogen and oxygen atoms in total. The lowest BCUT2D eigenvalue weighted by Crippen LogP contribution is -2.06. The standard InChI is InChI=1S/C13H18O4S/c1-4-9(2)12-6-5-10(13(14)17-3)7-11(12)8-18(15)16/h5-7,9,18H,4,8H2,1-3H3. The summed E-state index contributed by atoms with van der Waals surface area (Å²) >= 11 is 0. The lowest BCUT2D eigenvalue weighted by molar-refractivity contribution is 0.0600. The van der Waals surface area contributed by atoms with E-state index in [-0.39, 0.29) is 11.7 Å². The Bertz CT molecular complexity index is 498.